The van der Waals surface area contributed by atoms with Crippen LogP contribution in [0.5, 0.6) is 0 Å². The van der Waals surface area contributed by atoms with Gasteiger partial charge in [-0.25, -0.2) is 0 Å². The highest BCUT2D eigenvalue weighted by Gasteiger charge is 2.43. The molecule has 0 spiro atoms. The van der Waals surface area contributed by atoms with E-state index in [0.29, 0.717) is 24.6 Å². The van der Waals surface area contributed by atoms with Gasteiger partial charge in [0.25, 0.3) is 0 Å². The molecule has 9 heteroatoms. The van der Waals surface area contributed by atoms with E-state index in [9.17, 15) is 35.7 Å². The van der Waals surface area contributed by atoms with Crippen molar-refractivity contribution in [2.45, 2.75) is 32.6 Å². The minimum atomic E-state index is -5.17. The van der Waals surface area contributed by atoms with E-state index in [4.69, 9.17) is 0 Å². The number of rotatable bonds is 6. The highest BCUT2D eigenvalue weighted by Crippen LogP contribution is 2.40. The van der Waals surface area contributed by atoms with Gasteiger partial charge in [-0.3, -0.25) is 9.36 Å². The molecule has 1 atom stereocenters. The van der Waals surface area contributed by atoms with Crippen LogP contribution in [0.1, 0.15) is 47.3 Å². The molecule has 157 valence electrons. The van der Waals surface area contributed by atoms with Crippen LogP contribution in [0.25, 0.3) is 0 Å². The first-order valence-electron chi connectivity index (χ1n) is 8.69. The summed E-state index contributed by atoms with van der Waals surface area (Å²) in [7, 11) is -2.16. The van der Waals surface area contributed by atoms with Gasteiger partial charge in [-0.2, -0.15) is 26.3 Å². The van der Waals surface area contributed by atoms with Crippen LogP contribution in [0.2, 0.25) is 0 Å². The molecule has 0 saturated heterocycles. The van der Waals surface area contributed by atoms with E-state index in [1.54, 1.807) is 0 Å². The van der Waals surface area contributed by atoms with Gasteiger partial charge in [0.2, 0.25) is 0 Å². The molecule has 0 amide bonds. The van der Waals surface area contributed by atoms with Crippen LogP contribution < -0.4 is 5.30 Å². The first kappa shape index (κ1) is 23.1. The Balaban J connectivity index is 2.66. The van der Waals surface area contributed by atoms with Crippen molar-refractivity contribution in [3.63, 3.8) is 0 Å². The Morgan fingerprint density at radius 2 is 1.41 bits per heavy atom. The van der Waals surface area contributed by atoms with Crippen molar-refractivity contribution >= 4 is 18.9 Å². The predicted molar refractivity (Wildman–Crippen MR) is 97.9 cm³/mol. The summed E-state index contributed by atoms with van der Waals surface area (Å²) in [6.45, 7) is 3.77. The summed E-state index contributed by atoms with van der Waals surface area (Å²) in [6, 6.07) is 6.63. The minimum Gasteiger partial charge on any atom is -0.289 e. The Morgan fingerprint density at radius 1 is 0.897 bits per heavy atom. The molecule has 0 aliphatic rings. The molecule has 1 unspecified atom stereocenters. The van der Waals surface area contributed by atoms with E-state index in [1.807, 2.05) is 13.8 Å². The lowest BCUT2D eigenvalue weighted by molar-refractivity contribution is -0.143. The Bertz CT molecular complexity index is 884. The van der Waals surface area contributed by atoms with Crippen molar-refractivity contribution in [2.24, 2.45) is 5.92 Å². The third kappa shape index (κ3) is 5.44. The number of halogens is 6. The number of hydrogen-bond acceptors (Lipinski definition) is 2. The molecular weight excluding hydrogens is 417 g/mol. The maximum absolute atomic E-state index is 13.4. The van der Waals surface area contributed by atoms with E-state index in [0.717, 1.165) is 6.07 Å². The Kier molecular flexibility index (Phi) is 6.89. The molecule has 0 N–H and O–H groups in total. The van der Waals surface area contributed by atoms with Crippen LogP contribution in [-0.2, 0) is 16.9 Å². The number of alkyl halides is 6. The van der Waals surface area contributed by atoms with Gasteiger partial charge in [-0.15, -0.1) is 0 Å². The second-order valence-corrected chi connectivity index (χ2v) is 8.54. The lowest BCUT2D eigenvalue weighted by Crippen LogP contribution is -2.23. The summed E-state index contributed by atoms with van der Waals surface area (Å²) in [6.07, 6.45) is -9.63. The zero-order chi connectivity index (χ0) is 22.0. The van der Waals surface area contributed by atoms with Crippen molar-refractivity contribution in [2.75, 3.05) is 6.16 Å². The number of carbonyl (C=O) groups excluding carboxylic acids is 1. The summed E-state index contributed by atoms with van der Waals surface area (Å²) in [5, 5.41) is -0.0433. The molecule has 0 aliphatic carbocycles. The number of hydrogen-bond donors (Lipinski definition) is 0. The molecule has 0 aliphatic heterocycles. The molecule has 1 radical (unpaired) electrons. The fraction of sp³-hybridized carbons (Fsp3) is 0.350. The normalized spacial score (nSPS) is 12.9. The molecule has 2 rings (SSSR count). The van der Waals surface area contributed by atoms with Crippen molar-refractivity contribution in [1.29, 1.82) is 0 Å². The Labute approximate surface area is 164 Å². The van der Waals surface area contributed by atoms with Gasteiger partial charge in [0.1, 0.15) is 7.80 Å². The monoisotopic (exact) mass is 435 g/mol. The minimum absolute atomic E-state index is 0.0433. The highest BCUT2D eigenvalue weighted by atomic mass is 31.1. The summed E-state index contributed by atoms with van der Waals surface area (Å²) in [5.74, 6) is -1.26. The molecule has 2 aromatic carbocycles. The van der Waals surface area contributed by atoms with Crippen molar-refractivity contribution in [3.05, 3.63) is 64.7 Å². The van der Waals surface area contributed by atoms with Gasteiger partial charge in [0, 0.05) is 22.6 Å². The third-order valence-electron chi connectivity index (χ3n) is 4.23. The van der Waals surface area contributed by atoms with Crippen LogP contribution in [0.3, 0.4) is 0 Å². The lowest BCUT2D eigenvalue weighted by Gasteiger charge is -2.18. The van der Waals surface area contributed by atoms with Crippen LogP contribution in [-0.4, -0.2) is 11.9 Å². The lowest BCUT2D eigenvalue weighted by atomic mass is 9.92. The molecule has 29 heavy (non-hydrogen) atoms. The maximum Gasteiger partial charge on any atom is 0.417 e. The quantitative estimate of drug-likeness (QED) is 0.297. The molecule has 0 heterocycles. The van der Waals surface area contributed by atoms with Gasteiger partial charge in [0.15, 0.2) is 5.78 Å². The average molecular weight is 435 g/mol. The van der Waals surface area contributed by atoms with Gasteiger partial charge in [-0.1, -0.05) is 32.0 Å². The fourth-order valence-electron chi connectivity index (χ4n) is 2.78. The Hall–Kier alpha value is -2.21. The number of ketones is 1. The summed E-state index contributed by atoms with van der Waals surface area (Å²) in [5.41, 5.74) is -5.25. The van der Waals surface area contributed by atoms with Crippen LogP contribution in [0.4, 0.5) is 26.3 Å². The van der Waals surface area contributed by atoms with Crippen molar-refractivity contribution < 1.29 is 35.7 Å². The number of benzene rings is 2. The maximum atomic E-state index is 13.4. The molecule has 0 saturated carbocycles. The number of carbonyl (C=O) groups is 1. The summed E-state index contributed by atoms with van der Waals surface area (Å²) < 4.78 is 92.9. The topological polar surface area (TPSA) is 34.1 Å². The van der Waals surface area contributed by atoms with Gasteiger partial charge in [0.05, 0.1) is 11.1 Å². The molecule has 2 nitrogen and oxygen atoms in total. The zero-order valence-corrected chi connectivity index (χ0v) is 16.5. The molecule has 2 aromatic rings. The second-order valence-electron chi connectivity index (χ2n) is 6.85. The standard InChI is InChI=1S/C20H18F6O2P/c1-12(2)10-11-29(28)16-9-4-3-6-13(16)18(27)17-14(19(21,22)23)7-5-8-15(17)20(24,25)26/h3-9,12H,10-11H2,1-2H3. The summed E-state index contributed by atoms with van der Waals surface area (Å²) >= 11 is 0. The SMILES string of the molecule is CC(C)CC[P](=O)c1ccccc1C(=O)c1c(C(F)(F)F)cccc1C(F)(F)F. The van der Waals surface area contributed by atoms with Crippen LogP contribution in [0.15, 0.2) is 42.5 Å². The van der Waals surface area contributed by atoms with Gasteiger partial charge < -0.3 is 0 Å². The first-order valence-corrected chi connectivity index (χ1v) is 10.1. The smallest absolute Gasteiger partial charge is 0.289 e. The molecule has 0 fully saturated rings. The zero-order valence-electron chi connectivity index (χ0n) is 15.6. The Morgan fingerprint density at radius 3 is 1.90 bits per heavy atom. The second kappa shape index (κ2) is 8.66. The van der Waals surface area contributed by atoms with E-state index in [-0.39, 0.29) is 17.4 Å². The van der Waals surface area contributed by atoms with E-state index in [1.165, 1.54) is 18.2 Å². The van der Waals surface area contributed by atoms with Crippen molar-refractivity contribution in [1.82, 2.24) is 0 Å². The average Bonchev–Trinajstić information content (AvgIpc) is 2.63. The highest BCUT2D eigenvalue weighted by molar-refractivity contribution is 7.53. The summed E-state index contributed by atoms with van der Waals surface area (Å²) in [4.78, 5) is 12.9. The largest absolute Gasteiger partial charge is 0.417 e. The van der Waals surface area contributed by atoms with Gasteiger partial charge >= 0.3 is 12.4 Å². The predicted octanol–water partition coefficient (Wildman–Crippen LogP) is 6.45. The van der Waals surface area contributed by atoms with E-state index in [2.05, 4.69) is 0 Å². The van der Waals surface area contributed by atoms with E-state index >= 15 is 0 Å². The van der Waals surface area contributed by atoms with E-state index < -0.39 is 48.2 Å². The van der Waals surface area contributed by atoms with Gasteiger partial charge in [-0.05, 0) is 36.6 Å². The molecule has 0 bridgehead atoms. The third-order valence-corrected chi connectivity index (χ3v) is 5.82. The molecule has 0 aromatic heterocycles. The first-order chi connectivity index (χ1) is 13.3. The van der Waals surface area contributed by atoms with Crippen molar-refractivity contribution in [3.8, 4) is 0 Å². The fourth-order valence-corrected chi connectivity index (χ4v) is 4.47. The van der Waals surface area contributed by atoms with Crippen LogP contribution >= 0.6 is 7.80 Å². The van der Waals surface area contributed by atoms with Crippen LogP contribution in [0, 0.1) is 5.92 Å². The molecular formula is C20H18F6O2P.